The second-order valence-electron chi connectivity index (χ2n) is 16.4. The smallest absolute Gasteiger partial charge is 0.249 e. The van der Waals surface area contributed by atoms with E-state index >= 15 is 0 Å². The molecule has 0 spiro atoms. The Morgan fingerprint density at radius 3 is 1.16 bits per heavy atom. The molecule has 61 heavy (non-hydrogen) atoms. The monoisotopic (exact) mass is 809 g/mol. The molecule has 0 atom stereocenters. The third kappa shape index (κ3) is 4.76. The van der Waals surface area contributed by atoms with Crippen LogP contribution in [0.3, 0.4) is 0 Å². The van der Waals surface area contributed by atoms with Crippen LogP contribution in [-0.4, -0.2) is 18.0 Å². The van der Waals surface area contributed by atoms with Crippen LogP contribution in [0.5, 0.6) is 0 Å². The van der Waals surface area contributed by atoms with E-state index in [0.717, 1.165) is 0 Å². The number of nitrogens with zero attached hydrogens (tertiary/aromatic N) is 3. The number of hydrogen-bond acceptors (Lipinski definition) is 4. The first kappa shape index (κ1) is 34.0. The van der Waals surface area contributed by atoms with Gasteiger partial charge in [-0.2, -0.15) is 0 Å². The van der Waals surface area contributed by atoms with Gasteiger partial charge in [0.25, 0.3) is 0 Å². The van der Waals surface area contributed by atoms with E-state index in [-0.39, 0.29) is 13.4 Å². The van der Waals surface area contributed by atoms with Crippen molar-refractivity contribution in [2.75, 3.05) is 9.80 Å². The van der Waals surface area contributed by atoms with Crippen LogP contribution in [0, 0.1) is 0 Å². The Morgan fingerprint density at radius 1 is 0.311 bits per heavy atom. The molecular weight excluding hydrogens is 776 g/mol. The van der Waals surface area contributed by atoms with Crippen molar-refractivity contribution in [2.24, 2.45) is 0 Å². The fourth-order valence-corrected chi connectivity index (χ4v) is 13.2. The summed E-state index contributed by atoms with van der Waals surface area (Å²) in [7, 11) is 0. The summed E-state index contributed by atoms with van der Waals surface area (Å²) in [5, 5.41) is 2.59. The fraction of sp³-hybridized carbons (Fsp3) is 0. The van der Waals surface area contributed by atoms with Crippen molar-refractivity contribution in [1.82, 2.24) is 4.57 Å². The number of aromatic nitrogens is 1. The van der Waals surface area contributed by atoms with Crippen LogP contribution >= 0.6 is 23.5 Å². The van der Waals surface area contributed by atoms with Crippen LogP contribution in [0.1, 0.15) is 0 Å². The van der Waals surface area contributed by atoms with E-state index in [0.29, 0.717) is 0 Å². The summed E-state index contributed by atoms with van der Waals surface area (Å²) in [6.45, 7) is 0.213. The standard InChI is InChI=1S/C54H33B2N3S2/c1-4-16-34(17-5-1)57-43-24-12-10-22-39(43)55-41-30-37-38-31-42-52(33-48(38)59(36-20-8-3-9-21-36)47(37)32-51(41)60-49-28-14-26-45(57)53(49)55)61-50-29-15-27-46-54(50)56(42)40-23-11-13-25-44(40)58(46)35-18-6-2-7-19-35/h1-33H. The molecule has 282 valence electrons. The lowest BCUT2D eigenvalue weighted by Gasteiger charge is -2.40. The molecule has 0 fully saturated rings. The molecule has 9 aromatic carbocycles. The van der Waals surface area contributed by atoms with Gasteiger partial charge in [0.1, 0.15) is 0 Å². The minimum Gasteiger partial charge on any atom is -0.311 e. The third-order valence-corrected chi connectivity index (χ3v) is 15.6. The lowest BCUT2D eigenvalue weighted by Crippen LogP contribution is -2.59. The molecule has 4 aliphatic heterocycles. The summed E-state index contributed by atoms with van der Waals surface area (Å²) >= 11 is 3.84. The van der Waals surface area contributed by atoms with Gasteiger partial charge in [-0.05, 0) is 107 Å². The first-order chi connectivity index (χ1) is 30.3. The molecular formula is C54H33B2N3S2. The average Bonchev–Trinajstić information content (AvgIpc) is 3.62. The van der Waals surface area contributed by atoms with Crippen LogP contribution in [-0.2, 0) is 0 Å². The third-order valence-electron chi connectivity index (χ3n) is 13.3. The Hall–Kier alpha value is -6.79. The molecule has 0 radical (unpaired) electrons. The molecule has 0 unspecified atom stereocenters. The van der Waals surface area contributed by atoms with E-state index in [1.54, 1.807) is 0 Å². The molecule has 0 saturated heterocycles. The van der Waals surface area contributed by atoms with Crippen molar-refractivity contribution in [3.8, 4) is 5.69 Å². The SMILES string of the molecule is c1ccc(N2c3ccccc3B3c4cc5c6cc7c(cc6n(-c6ccccc6)c5cc4Sc4cccc2c43)Sc2cccc3c2B7c2ccccc2N3c2ccccc2)cc1. The Morgan fingerprint density at radius 2 is 0.705 bits per heavy atom. The maximum atomic E-state index is 2.56. The predicted octanol–water partition coefficient (Wildman–Crippen LogP) is 10.3. The highest BCUT2D eigenvalue weighted by Crippen LogP contribution is 2.46. The summed E-state index contributed by atoms with van der Waals surface area (Å²) < 4.78 is 2.52. The average molecular weight is 810 g/mol. The van der Waals surface area contributed by atoms with Crippen LogP contribution in [0.4, 0.5) is 34.1 Å². The second kappa shape index (κ2) is 12.9. The van der Waals surface area contributed by atoms with E-state index < -0.39 is 0 Å². The molecule has 0 amide bonds. The van der Waals surface area contributed by atoms with Crippen molar-refractivity contribution >= 4 is 126 Å². The summed E-state index contributed by atoms with van der Waals surface area (Å²) in [6.07, 6.45) is 0. The Labute approximate surface area is 363 Å². The molecule has 0 bridgehead atoms. The summed E-state index contributed by atoms with van der Waals surface area (Å²) in [6, 6.07) is 74.7. The number of fused-ring (bicyclic) bond motifs is 11. The largest absolute Gasteiger partial charge is 0.311 e. The zero-order chi connectivity index (χ0) is 39.8. The van der Waals surface area contributed by atoms with Gasteiger partial charge in [0, 0.05) is 70.2 Å². The van der Waals surface area contributed by atoms with Crippen molar-refractivity contribution < 1.29 is 0 Å². The maximum absolute atomic E-state index is 2.56. The normalized spacial score (nSPS) is 14.0. The highest BCUT2D eigenvalue weighted by molar-refractivity contribution is 8.00. The van der Waals surface area contributed by atoms with E-state index in [9.17, 15) is 0 Å². The number of anilines is 6. The Kier molecular flexibility index (Phi) is 7.16. The van der Waals surface area contributed by atoms with Gasteiger partial charge in [-0.3, -0.25) is 0 Å². The molecule has 0 N–H and O–H groups in total. The molecule has 5 heterocycles. The number of para-hydroxylation sites is 5. The lowest BCUT2D eigenvalue weighted by molar-refractivity contribution is 1.17. The first-order valence-corrected chi connectivity index (χ1v) is 22.6. The summed E-state index contributed by atoms with van der Waals surface area (Å²) in [4.78, 5) is 10.2. The number of benzene rings is 9. The van der Waals surface area contributed by atoms with E-state index in [1.807, 2.05) is 23.5 Å². The molecule has 7 heteroatoms. The van der Waals surface area contributed by atoms with Crippen LogP contribution in [0.15, 0.2) is 220 Å². The number of hydrogen-bond donors (Lipinski definition) is 0. The minimum absolute atomic E-state index is 0.106. The molecule has 1 aromatic heterocycles. The topological polar surface area (TPSA) is 11.4 Å². The predicted molar refractivity (Wildman–Crippen MR) is 261 cm³/mol. The van der Waals surface area contributed by atoms with Gasteiger partial charge in [0.2, 0.25) is 13.4 Å². The Bertz CT molecular complexity index is 3250. The second-order valence-corrected chi connectivity index (χ2v) is 18.6. The van der Waals surface area contributed by atoms with Crippen molar-refractivity contribution in [1.29, 1.82) is 0 Å². The highest BCUT2D eigenvalue weighted by Gasteiger charge is 2.43. The van der Waals surface area contributed by atoms with Gasteiger partial charge in [0.05, 0.1) is 11.0 Å². The van der Waals surface area contributed by atoms with Gasteiger partial charge in [-0.1, -0.05) is 150 Å². The molecule has 0 saturated carbocycles. The van der Waals surface area contributed by atoms with E-state index in [2.05, 4.69) is 215 Å². The molecule has 0 aliphatic carbocycles. The van der Waals surface area contributed by atoms with Gasteiger partial charge in [-0.15, -0.1) is 0 Å². The summed E-state index contributed by atoms with van der Waals surface area (Å²) in [5.41, 5.74) is 19.3. The van der Waals surface area contributed by atoms with Crippen LogP contribution in [0.2, 0.25) is 0 Å². The zero-order valence-corrected chi connectivity index (χ0v) is 34.5. The Balaban J connectivity index is 1.03. The molecule has 4 aliphatic rings. The van der Waals surface area contributed by atoms with Gasteiger partial charge in [0.15, 0.2) is 0 Å². The quantitative estimate of drug-likeness (QED) is 0.165. The van der Waals surface area contributed by atoms with Gasteiger partial charge in [-0.25, -0.2) is 0 Å². The van der Waals surface area contributed by atoms with Crippen molar-refractivity contribution in [2.45, 2.75) is 19.6 Å². The zero-order valence-electron chi connectivity index (χ0n) is 32.9. The van der Waals surface area contributed by atoms with Crippen molar-refractivity contribution in [3.05, 3.63) is 200 Å². The molecule has 10 aromatic rings. The first-order valence-electron chi connectivity index (χ1n) is 21.0. The van der Waals surface area contributed by atoms with E-state index in [1.165, 1.54) is 114 Å². The fourth-order valence-electron chi connectivity index (χ4n) is 10.8. The lowest BCUT2D eigenvalue weighted by atomic mass is 9.34. The van der Waals surface area contributed by atoms with Gasteiger partial charge < -0.3 is 14.4 Å². The van der Waals surface area contributed by atoms with Crippen LogP contribution in [0.25, 0.3) is 27.5 Å². The number of rotatable bonds is 3. The van der Waals surface area contributed by atoms with E-state index in [4.69, 9.17) is 0 Å². The highest BCUT2D eigenvalue weighted by atomic mass is 32.2. The van der Waals surface area contributed by atoms with Gasteiger partial charge >= 0.3 is 0 Å². The molecule has 14 rings (SSSR count). The maximum Gasteiger partial charge on any atom is 0.249 e. The van der Waals surface area contributed by atoms with Crippen molar-refractivity contribution in [3.63, 3.8) is 0 Å². The molecule has 3 nitrogen and oxygen atoms in total. The van der Waals surface area contributed by atoms with Crippen LogP contribution < -0.4 is 42.6 Å². The minimum atomic E-state index is 0.106. The summed E-state index contributed by atoms with van der Waals surface area (Å²) in [5.74, 6) is 0.